The first-order chi connectivity index (χ1) is 12.6. The first kappa shape index (κ1) is 17.3. The quantitative estimate of drug-likeness (QED) is 0.695. The number of carbonyl (C=O) groups excluding carboxylic acids is 1. The van der Waals surface area contributed by atoms with Gasteiger partial charge in [0.25, 0.3) is 0 Å². The minimum atomic E-state index is -0.0297. The van der Waals surface area contributed by atoms with Crippen molar-refractivity contribution in [3.8, 4) is 0 Å². The average Bonchev–Trinajstić information content (AvgIpc) is 2.98. The Morgan fingerprint density at radius 3 is 2.81 bits per heavy atom. The lowest BCUT2D eigenvalue weighted by Crippen LogP contribution is -2.41. The zero-order valence-electron chi connectivity index (χ0n) is 14.7. The fraction of sp³-hybridized carbons (Fsp3) is 0.286. The van der Waals surface area contributed by atoms with Gasteiger partial charge < -0.3 is 9.72 Å². The molecule has 0 aliphatic carbocycles. The summed E-state index contributed by atoms with van der Waals surface area (Å²) in [5, 5.41) is 1.71. The van der Waals surface area contributed by atoms with Crippen molar-refractivity contribution in [1.29, 1.82) is 0 Å². The molecular weight excluding hydrogens is 348 g/mol. The molecule has 1 saturated heterocycles. The number of aromatic nitrogens is 1. The SMILES string of the molecule is Cc1[nH]c2ccccc2c1C(=O)CN1CCOC(c2ccc(Cl)cc2)C1. The zero-order valence-corrected chi connectivity index (χ0v) is 15.4. The van der Waals surface area contributed by atoms with Gasteiger partial charge in [-0.3, -0.25) is 9.69 Å². The van der Waals surface area contributed by atoms with E-state index in [0.717, 1.165) is 34.3 Å². The fourth-order valence-corrected chi connectivity index (χ4v) is 3.77. The number of aryl methyl sites for hydroxylation is 1. The van der Waals surface area contributed by atoms with Crippen LogP contribution in [0, 0.1) is 6.92 Å². The van der Waals surface area contributed by atoms with Crippen molar-refractivity contribution in [2.75, 3.05) is 26.2 Å². The van der Waals surface area contributed by atoms with E-state index in [1.165, 1.54) is 0 Å². The number of rotatable bonds is 4. The van der Waals surface area contributed by atoms with E-state index in [0.29, 0.717) is 24.7 Å². The highest BCUT2D eigenvalue weighted by atomic mass is 35.5. The molecule has 2 heterocycles. The van der Waals surface area contributed by atoms with Crippen molar-refractivity contribution in [2.45, 2.75) is 13.0 Å². The summed E-state index contributed by atoms with van der Waals surface area (Å²) in [6, 6.07) is 15.7. The number of aromatic amines is 1. The molecule has 3 aromatic rings. The number of hydrogen-bond donors (Lipinski definition) is 1. The number of H-pyrrole nitrogens is 1. The van der Waals surface area contributed by atoms with E-state index in [-0.39, 0.29) is 11.9 Å². The van der Waals surface area contributed by atoms with Gasteiger partial charge >= 0.3 is 0 Å². The fourth-order valence-electron chi connectivity index (χ4n) is 3.64. The van der Waals surface area contributed by atoms with E-state index in [9.17, 15) is 4.79 Å². The number of hydrogen-bond acceptors (Lipinski definition) is 3. The molecule has 1 aliphatic heterocycles. The van der Waals surface area contributed by atoms with Crippen molar-refractivity contribution in [2.24, 2.45) is 0 Å². The monoisotopic (exact) mass is 368 g/mol. The molecule has 26 heavy (non-hydrogen) atoms. The van der Waals surface area contributed by atoms with Gasteiger partial charge in [-0.1, -0.05) is 41.9 Å². The molecule has 0 radical (unpaired) electrons. The Bertz CT molecular complexity index is 933. The van der Waals surface area contributed by atoms with Crippen LogP contribution in [0.15, 0.2) is 48.5 Å². The molecule has 1 fully saturated rings. The van der Waals surface area contributed by atoms with E-state index in [1.807, 2.05) is 55.5 Å². The molecule has 4 nitrogen and oxygen atoms in total. The molecule has 0 bridgehead atoms. The van der Waals surface area contributed by atoms with Gasteiger partial charge in [-0.15, -0.1) is 0 Å². The molecule has 1 aromatic heterocycles. The number of nitrogens with zero attached hydrogens (tertiary/aromatic N) is 1. The Labute approximate surface area is 157 Å². The lowest BCUT2D eigenvalue weighted by atomic mass is 10.0. The lowest BCUT2D eigenvalue weighted by molar-refractivity contribution is -0.0274. The summed E-state index contributed by atoms with van der Waals surface area (Å²) < 4.78 is 5.90. The summed E-state index contributed by atoms with van der Waals surface area (Å²) in [4.78, 5) is 18.5. The Kier molecular flexibility index (Phi) is 4.81. The number of ketones is 1. The topological polar surface area (TPSA) is 45.3 Å². The van der Waals surface area contributed by atoms with Crippen molar-refractivity contribution >= 4 is 28.3 Å². The van der Waals surface area contributed by atoms with E-state index in [1.54, 1.807) is 0 Å². The van der Waals surface area contributed by atoms with E-state index < -0.39 is 0 Å². The first-order valence-electron chi connectivity index (χ1n) is 8.82. The number of ether oxygens (including phenoxy) is 1. The van der Waals surface area contributed by atoms with Gasteiger partial charge in [-0.05, 0) is 30.7 Å². The average molecular weight is 369 g/mol. The Morgan fingerprint density at radius 1 is 1.23 bits per heavy atom. The smallest absolute Gasteiger partial charge is 0.179 e. The summed E-state index contributed by atoms with van der Waals surface area (Å²) in [7, 11) is 0. The van der Waals surface area contributed by atoms with Crippen molar-refractivity contribution in [1.82, 2.24) is 9.88 Å². The predicted molar refractivity (Wildman–Crippen MR) is 104 cm³/mol. The molecule has 1 aliphatic rings. The number of nitrogens with one attached hydrogen (secondary N) is 1. The van der Waals surface area contributed by atoms with Crippen LogP contribution in [0.2, 0.25) is 5.02 Å². The standard InChI is InChI=1S/C21H21ClN2O2/c1-14-21(17-4-2-3-5-18(17)23-14)19(25)12-24-10-11-26-20(13-24)15-6-8-16(22)9-7-15/h2-9,20,23H,10-13H2,1H3. The Morgan fingerprint density at radius 2 is 2.00 bits per heavy atom. The molecular formula is C21H21ClN2O2. The minimum absolute atomic E-state index is 0.0297. The second kappa shape index (κ2) is 7.23. The number of morpholine rings is 1. The molecule has 1 atom stereocenters. The van der Waals surface area contributed by atoms with Crippen molar-refractivity contribution in [3.63, 3.8) is 0 Å². The number of para-hydroxylation sites is 1. The van der Waals surface area contributed by atoms with Crippen LogP contribution in [-0.2, 0) is 4.74 Å². The maximum absolute atomic E-state index is 13.0. The van der Waals surface area contributed by atoms with Crippen LogP contribution in [0.25, 0.3) is 10.9 Å². The van der Waals surface area contributed by atoms with Gasteiger partial charge in [-0.2, -0.15) is 0 Å². The highest BCUT2D eigenvalue weighted by Crippen LogP contribution is 2.26. The van der Waals surface area contributed by atoms with Gasteiger partial charge in [-0.25, -0.2) is 0 Å². The molecule has 0 saturated carbocycles. The molecule has 4 rings (SSSR count). The predicted octanol–water partition coefficient (Wildman–Crippen LogP) is 4.39. The summed E-state index contributed by atoms with van der Waals surface area (Å²) in [6.45, 7) is 4.44. The number of carbonyl (C=O) groups is 1. The highest BCUT2D eigenvalue weighted by Gasteiger charge is 2.25. The van der Waals surface area contributed by atoms with Gasteiger partial charge in [0.1, 0.15) is 0 Å². The number of Topliss-reactive ketones (excluding diaryl/α,β-unsaturated/α-hetero) is 1. The third-order valence-electron chi connectivity index (χ3n) is 4.93. The van der Waals surface area contributed by atoms with E-state index in [2.05, 4.69) is 9.88 Å². The largest absolute Gasteiger partial charge is 0.371 e. The Balaban J connectivity index is 1.50. The molecule has 0 amide bonds. The highest BCUT2D eigenvalue weighted by molar-refractivity contribution is 6.30. The third-order valence-corrected chi connectivity index (χ3v) is 5.18. The van der Waals surface area contributed by atoms with Crippen molar-refractivity contribution in [3.05, 3.63) is 70.4 Å². The van der Waals surface area contributed by atoms with Crippen LogP contribution in [0.4, 0.5) is 0 Å². The first-order valence-corrected chi connectivity index (χ1v) is 9.19. The molecule has 2 aromatic carbocycles. The van der Waals surface area contributed by atoms with Crippen molar-refractivity contribution < 1.29 is 9.53 Å². The van der Waals surface area contributed by atoms with Gasteiger partial charge in [0.2, 0.25) is 0 Å². The molecule has 134 valence electrons. The molecule has 1 N–H and O–H groups in total. The molecule has 0 spiro atoms. The van der Waals surface area contributed by atoms with E-state index in [4.69, 9.17) is 16.3 Å². The van der Waals surface area contributed by atoms with Gasteiger partial charge in [0, 0.05) is 40.3 Å². The second-order valence-corrected chi connectivity index (χ2v) is 7.18. The van der Waals surface area contributed by atoms with E-state index >= 15 is 0 Å². The van der Waals surface area contributed by atoms with Crippen LogP contribution in [0.3, 0.4) is 0 Å². The maximum Gasteiger partial charge on any atom is 0.179 e. The number of halogens is 1. The minimum Gasteiger partial charge on any atom is -0.371 e. The van der Waals surface area contributed by atoms with Crippen LogP contribution in [0.5, 0.6) is 0 Å². The third kappa shape index (κ3) is 3.40. The molecule has 5 heteroatoms. The normalized spacial score (nSPS) is 18.3. The number of benzene rings is 2. The van der Waals surface area contributed by atoms with Crippen LogP contribution in [-0.4, -0.2) is 41.9 Å². The summed E-state index contributed by atoms with van der Waals surface area (Å²) >= 11 is 5.97. The van der Waals surface area contributed by atoms with Crippen LogP contribution in [0.1, 0.15) is 27.7 Å². The van der Waals surface area contributed by atoms with Crippen LogP contribution >= 0.6 is 11.6 Å². The summed E-state index contributed by atoms with van der Waals surface area (Å²) in [6.07, 6.45) is -0.0297. The summed E-state index contributed by atoms with van der Waals surface area (Å²) in [5.41, 5.74) is 3.83. The maximum atomic E-state index is 13.0. The van der Waals surface area contributed by atoms with Gasteiger partial charge in [0.05, 0.1) is 19.3 Å². The Hall–Kier alpha value is -2.14. The summed E-state index contributed by atoms with van der Waals surface area (Å²) in [5.74, 6) is 0.150. The molecule has 1 unspecified atom stereocenters. The van der Waals surface area contributed by atoms with Gasteiger partial charge in [0.15, 0.2) is 5.78 Å². The number of fused-ring (bicyclic) bond motifs is 1. The van der Waals surface area contributed by atoms with Crippen LogP contribution < -0.4 is 0 Å². The zero-order chi connectivity index (χ0) is 18.1. The lowest BCUT2D eigenvalue weighted by Gasteiger charge is -2.32. The second-order valence-electron chi connectivity index (χ2n) is 6.74.